The fourth-order valence-electron chi connectivity index (χ4n) is 2.47. The molecule has 1 N–H and O–H groups in total. The van der Waals surface area contributed by atoms with Gasteiger partial charge in [-0.25, -0.2) is 4.98 Å². The maximum atomic E-state index is 5.38. The minimum atomic E-state index is 0.0796. The smallest absolute Gasteiger partial charge is 0.237 e. The number of nitrogens with zero attached hydrogens (tertiary/aromatic N) is 2. The molecule has 0 saturated heterocycles. The van der Waals surface area contributed by atoms with Crippen LogP contribution in [0.15, 0.2) is 42.7 Å². The Balaban J connectivity index is 2.33. The summed E-state index contributed by atoms with van der Waals surface area (Å²) in [6, 6.07) is 10.5. The fourth-order valence-corrected chi connectivity index (χ4v) is 2.47. The highest BCUT2D eigenvalue weighted by Crippen LogP contribution is 2.32. The molecule has 0 saturated carbocycles. The second-order valence-corrected chi connectivity index (χ2v) is 5.08. The Morgan fingerprint density at radius 3 is 2.52 bits per heavy atom. The van der Waals surface area contributed by atoms with Crippen LogP contribution in [0.1, 0.15) is 43.5 Å². The lowest BCUT2D eigenvalue weighted by atomic mass is 9.91. The van der Waals surface area contributed by atoms with Gasteiger partial charge in [0, 0.05) is 18.3 Å². The normalized spacial score (nSPS) is 13.7. The van der Waals surface area contributed by atoms with Crippen molar-refractivity contribution in [3.8, 4) is 5.88 Å². The third-order valence-corrected chi connectivity index (χ3v) is 3.62. The van der Waals surface area contributed by atoms with Gasteiger partial charge in [-0.2, -0.15) is 0 Å². The Labute approximate surface area is 126 Å². The van der Waals surface area contributed by atoms with E-state index >= 15 is 0 Å². The van der Waals surface area contributed by atoms with Gasteiger partial charge in [0.25, 0.3) is 0 Å². The third-order valence-electron chi connectivity index (χ3n) is 3.62. The maximum Gasteiger partial charge on any atom is 0.237 e. The van der Waals surface area contributed by atoms with Crippen LogP contribution in [0, 0.1) is 0 Å². The van der Waals surface area contributed by atoms with Crippen LogP contribution in [0.2, 0.25) is 0 Å². The van der Waals surface area contributed by atoms with Gasteiger partial charge in [0.1, 0.15) is 5.69 Å². The van der Waals surface area contributed by atoms with Gasteiger partial charge in [-0.15, -0.1) is 0 Å². The summed E-state index contributed by atoms with van der Waals surface area (Å²) in [5, 5.41) is 3.58. The standard InChI is InChI=1S/C17H23N3O/c1-4-10-18-15(13(2)14-8-6-5-7-9-14)16-17(21-3)20-12-11-19-16/h5-9,11-13,15,18H,4,10H2,1-3H3. The lowest BCUT2D eigenvalue weighted by Crippen LogP contribution is -2.28. The predicted molar refractivity (Wildman–Crippen MR) is 84.5 cm³/mol. The molecule has 0 amide bonds. The van der Waals surface area contributed by atoms with Crippen molar-refractivity contribution >= 4 is 0 Å². The molecule has 2 aromatic rings. The fraction of sp³-hybridized carbons (Fsp3) is 0.412. The van der Waals surface area contributed by atoms with Crippen molar-refractivity contribution in [2.24, 2.45) is 0 Å². The Morgan fingerprint density at radius 2 is 1.86 bits per heavy atom. The zero-order valence-electron chi connectivity index (χ0n) is 12.9. The first-order valence-electron chi connectivity index (χ1n) is 7.41. The van der Waals surface area contributed by atoms with E-state index in [1.165, 1.54) is 5.56 Å². The zero-order valence-corrected chi connectivity index (χ0v) is 12.9. The van der Waals surface area contributed by atoms with Crippen LogP contribution >= 0.6 is 0 Å². The molecule has 0 bridgehead atoms. The first-order valence-corrected chi connectivity index (χ1v) is 7.41. The van der Waals surface area contributed by atoms with Crippen LogP contribution in [0.25, 0.3) is 0 Å². The summed E-state index contributed by atoms with van der Waals surface area (Å²) in [4.78, 5) is 8.78. The Bertz CT molecular complexity index is 545. The molecule has 0 fully saturated rings. The number of nitrogens with one attached hydrogen (secondary N) is 1. The van der Waals surface area contributed by atoms with Crippen LogP contribution in [0.5, 0.6) is 5.88 Å². The molecular formula is C17H23N3O. The Morgan fingerprint density at radius 1 is 1.14 bits per heavy atom. The van der Waals surface area contributed by atoms with Gasteiger partial charge in [0.2, 0.25) is 5.88 Å². The van der Waals surface area contributed by atoms with E-state index in [4.69, 9.17) is 4.74 Å². The molecule has 0 aliphatic heterocycles. The van der Waals surface area contributed by atoms with E-state index < -0.39 is 0 Å². The number of rotatable bonds is 7. The highest BCUT2D eigenvalue weighted by atomic mass is 16.5. The lowest BCUT2D eigenvalue weighted by Gasteiger charge is -2.26. The Hall–Kier alpha value is -1.94. The van der Waals surface area contributed by atoms with Crippen molar-refractivity contribution in [2.75, 3.05) is 13.7 Å². The summed E-state index contributed by atoms with van der Waals surface area (Å²) in [6.07, 6.45) is 4.45. The van der Waals surface area contributed by atoms with Crippen molar-refractivity contribution in [3.05, 3.63) is 54.0 Å². The summed E-state index contributed by atoms with van der Waals surface area (Å²) in [7, 11) is 1.64. The number of aromatic nitrogens is 2. The van der Waals surface area contributed by atoms with Crippen LogP contribution in [-0.2, 0) is 0 Å². The molecule has 1 aromatic heterocycles. The van der Waals surface area contributed by atoms with Crippen molar-refractivity contribution in [1.82, 2.24) is 15.3 Å². The molecule has 1 heterocycles. The molecule has 21 heavy (non-hydrogen) atoms. The molecule has 4 nitrogen and oxygen atoms in total. The van der Waals surface area contributed by atoms with Crippen LogP contribution in [-0.4, -0.2) is 23.6 Å². The quantitative estimate of drug-likeness (QED) is 0.847. The second-order valence-electron chi connectivity index (χ2n) is 5.08. The summed E-state index contributed by atoms with van der Waals surface area (Å²) in [6.45, 7) is 5.30. The van der Waals surface area contributed by atoms with Gasteiger partial charge in [0.15, 0.2) is 0 Å². The lowest BCUT2D eigenvalue weighted by molar-refractivity contribution is 0.367. The molecule has 0 radical (unpaired) electrons. The van der Waals surface area contributed by atoms with Crippen molar-refractivity contribution < 1.29 is 4.74 Å². The third kappa shape index (κ3) is 3.79. The van der Waals surface area contributed by atoms with Gasteiger partial charge in [-0.05, 0) is 18.5 Å². The second kappa shape index (κ2) is 7.74. The van der Waals surface area contributed by atoms with Gasteiger partial charge in [-0.3, -0.25) is 4.98 Å². The highest BCUT2D eigenvalue weighted by molar-refractivity contribution is 5.28. The average molecular weight is 285 g/mol. The summed E-state index contributed by atoms with van der Waals surface area (Å²) in [5.74, 6) is 0.872. The Kier molecular flexibility index (Phi) is 5.69. The van der Waals surface area contributed by atoms with E-state index in [1.54, 1.807) is 19.5 Å². The summed E-state index contributed by atoms with van der Waals surface area (Å²) < 4.78 is 5.38. The van der Waals surface area contributed by atoms with Crippen LogP contribution in [0.4, 0.5) is 0 Å². The number of methoxy groups -OCH3 is 1. The SMILES string of the molecule is CCCNC(c1nccnc1OC)C(C)c1ccccc1. The topological polar surface area (TPSA) is 47.0 Å². The molecule has 2 unspecified atom stereocenters. The molecule has 0 aliphatic carbocycles. The van der Waals surface area contributed by atoms with Gasteiger partial charge < -0.3 is 10.1 Å². The molecule has 1 aromatic carbocycles. The minimum Gasteiger partial charge on any atom is -0.480 e. The van der Waals surface area contributed by atoms with Gasteiger partial charge in [0.05, 0.1) is 13.2 Å². The molecular weight excluding hydrogens is 262 g/mol. The summed E-state index contributed by atoms with van der Waals surface area (Å²) >= 11 is 0. The van der Waals surface area contributed by atoms with E-state index in [0.29, 0.717) is 5.88 Å². The number of ether oxygens (including phenoxy) is 1. The van der Waals surface area contributed by atoms with E-state index in [2.05, 4.69) is 53.4 Å². The van der Waals surface area contributed by atoms with Gasteiger partial charge in [-0.1, -0.05) is 44.2 Å². The van der Waals surface area contributed by atoms with E-state index in [-0.39, 0.29) is 12.0 Å². The van der Waals surface area contributed by atoms with Crippen molar-refractivity contribution in [3.63, 3.8) is 0 Å². The molecule has 2 rings (SSSR count). The van der Waals surface area contributed by atoms with Crippen LogP contribution in [0.3, 0.4) is 0 Å². The summed E-state index contributed by atoms with van der Waals surface area (Å²) in [5.41, 5.74) is 2.14. The van der Waals surface area contributed by atoms with Crippen LogP contribution < -0.4 is 10.1 Å². The first-order chi connectivity index (χ1) is 10.3. The number of benzene rings is 1. The molecule has 2 atom stereocenters. The minimum absolute atomic E-state index is 0.0796. The molecule has 0 spiro atoms. The number of hydrogen-bond donors (Lipinski definition) is 1. The largest absolute Gasteiger partial charge is 0.480 e. The number of hydrogen-bond acceptors (Lipinski definition) is 4. The van der Waals surface area contributed by atoms with Crippen molar-refractivity contribution in [1.29, 1.82) is 0 Å². The molecule has 4 heteroatoms. The van der Waals surface area contributed by atoms with E-state index in [9.17, 15) is 0 Å². The molecule has 112 valence electrons. The van der Waals surface area contributed by atoms with E-state index in [1.807, 2.05) is 6.07 Å². The van der Waals surface area contributed by atoms with E-state index in [0.717, 1.165) is 18.7 Å². The molecule has 0 aliphatic rings. The average Bonchev–Trinajstić information content (AvgIpc) is 2.56. The maximum absolute atomic E-state index is 5.38. The first kappa shape index (κ1) is 15.4. The monoisotopic (exact) mass is 285 g/mol. The zero-order chi connectivity index (χ0) is 15.1. The highest BCUT2D eigenvalue weighted by Gasteiger charge is 2.25. The predicted octanol–water partition coefficient (Wildman–Crippen LogP) is 3.33. The van der Waals surface area contributed by atoms with Gasteiger partial charge >= 0.3 is 0 Å². The van der Waals surface area contributed by atoms with Crippen molar-refractivity contribution in [2.45, 2.75) is 32.2 Å².